The molecule has 31 heavy (non-hydrogen) atoms. The molecule has 1 atom stereocenters. The minimum Gasteiger partial charge on any atom is -0.481 e. The van der Waals surface area contributed by atoms with E-state index in [-0.39, 0.29) is 18.8 Å². The van der Waals surface area contributed by atoms with Crippen LogP contribution in [-0.4, -0.2) is 37.8 Å². The summed E-state index contributed by atoms with van der Waals surface area (Å²) in [6.45, 7) is -1.42. The number of hydrogen-bond donors (Lipinski definition) is 2. The second kappa shape index (κ2) is 8.22. The highest BCUT2D eigenvalue weighted by Crippen LogP contribution is 2.40. The van der Waals surface area contributed by atoms with E-state index >= 15 is 0 Å². The number of fused-ring (bicyclic) bond motifs is 2. The van der Waals surface area contributed by atoms with E-state index < -0.39 is 18.5 Å². The summed E-state index contributed by atoms with van der Waals surface area (Å²) >= 11 is 0. The lowest BCUT2D eigenvalue weighted by molar-refractivity contribution is -0.137. The van der Waals surface area contributed by atoms with Gasteiger partial charge in [-0.3, -0.25) is 4.79 Å². The van der Waals surface area contributed by atoms with Gasteiger partial charge in [-0.05, 0) is 65.6 Å². The van der Waals surface area contributed by atoms with Crippen LogP contribution in [0.15, 0.2) is 18.2 Å². The zero-order valence-corrected chi connectivity index (χ0v) is 17.2. The Kier molecular flexibility index (Phi) is 5.62. The SMILES string of the molecule is Cc1c(C(CC(=O)O)c2cc(CO)c3c(c2)CCC3)cc(OC(F)F)c2c1nnn2C. The molecular weight excluding hydrogens is 408 g/mol. The van der Waals surface area contributed by atoms with E-state index in [9.17, 15) is 23.8 Å². The summed E-state index contributed by atoms with van der Waals surface area (Å²) in [5, 5.41) is 27.5. The van der Waals surface area contributed by atoms with Crippen molar-refractivity contribution in [3.05, 3.63) is 51.6 Å². The van der Waals surface area contributed by atoms with E-state index in [0.29, 0.717) is 22.2 Å². The molecule has 1 unspecified atom stereocenters. The number of aliphatic hydroxyl groups is 1. The highest BCUT2D eigenvalue weighted by Gasteiger charge is 2.27. The van der Waals surface area contributed by atoms with Gasteiger partial charge in [-0.15, -0.1) is 5.10 Å². The third-order valence-corrected chi connectivity index (χ3v) is 6.01. The van der Waals surface area contributed by atoms with Gasteiger partial charge in [-0.2, -0.15) is 8.78 Å². The van der Waals surface area contributed by atoms with Gasteiger partial charge in [0.1, 0.15) is 11.0 Å². The number of halogens is 2. The summed E-state index contributed by atoms with van der Waals surface area (Å²) in [6, 6.07) is 5.27. The molecule has 1 aromatic heterocycles. The Morgan fingerprint density at radius 1 is 1.29 bits per heavy atom. The lowest BCUT2D eigenvalue weighted by atomic mass is 9.83. The van der Waals surface area contributed by atoms with Gasteiger partial charge in [0.2, 0.25) is 0 Å². The van der Waals surface area contributed by atoms with Crippen molar-refractivity contribution in [2.45, 2.75) is 51.7 Å². The first kappa shape index (κ1) is 21.2. The van der Waals surface area contributed by atoms with E-state index in [2.05, 4.69) is 10.3 Å². The molecule has 0 bridgehead atoms. The van der Waals surface area contributed by atoms with Crippen molar-refractivity contribution in [3.63, 3.8) is 0 Å². The first-order valence-electron chi connectivity index (χ1n) is 10.0. The van der Waals surface area contributed by atoms with Crippen LogP contribution in [0.3, 0.4) is 0 Å². The highest BCUT2D eigenvalue weighted by molar-refractivity contribution is 5.86. The number of aliphatic carboxylic acids is 1. The van der Waals surface area contributed by atoms with Crippen LogP contribution in [0.2, 0.25) is 0 Å². The van der Waals surface area contributed by atoms with Gasteiger partial charge < -0.3 is 14.9 Å². The fourth-order valence-corrected chi connectivity index (χ4v) is 4.64. The van der Waals surface area contributed by atoms with Gasteiger partial charge in [-0.1, -0.05) is 17.3 Å². The number of benzene rings is 2. The van der Waals surface area contributed by atoms with Crippen molar-refractivity contribution in [2.75, 3.05) is 0 Å². The van der Waals surface area contributed by atoms with E-state index in [1.807, 2.05) is 12.1 Å². The zero-order valence-electron chi connectivity index (χ0n) is 17.2. The summed E-state index contributed by atoms with van der Waals surface area (Å²) in [7, 11) is 1.58. The third-order valence-electron chi connectivity index (χ3n) is 6.01. The van der Waals surface area contributed by atoms with Gasteiger partial charge in [0.15, 0.2) is 5.75 Å². The average molecular weight is 431 g/mol. The molecule has 0 saturated heterocycles. The molecule has 1 aliphatic carbocycles. The number of ether oxygens (including phenoxy) is 1. The predicted molar refractivity (Wildman–Crippen MR) is 108 cm³/mol. The van der Waals surface area contributed by atoms with Crippen LogP contribution in [0.1, 0.15) is 52.1 Å². The molecule has 0 fully saturated rings. The van der Waals surface area contributed by atoms with Crippen molar-refractivity contribution in [1.82, 2.24) is 15.0 Å². The average Bonchev–Trinajstić information content (AvgIpc) is 3.34. The second-order valence-electron chi connectivity index (χ2n) is 7.86. The maximum atomic E-state index is 13.1. The lowest BCUT2D eigenvalue weighted by Crippen LogP contribution is -2.12. The molecule has 2 aromatic carbocycles. The Morgan fingerprint density at radius 3 is 2.74 bits per heavy atom. The van der Waals surface area contributed by atoms with Crippen molar-refractivity contribution in [2.24, 2.45) is 7.05 Å². The summed E-state index contributed by atoms with van der Waals surface area (Å²) < 4.78 is 32.3. The molecule has 1 heterocycles. The fourth-order valence-electron chi connectivity index (χ4n) is 4.64. The van der Waals surface area contributed by atoms with Crippen molar-refractivity contribution in [3.8, 4) is 5.75 Å². The second-order valence-corrected chi connectivity index (χ2v) is 7.86. The van der Waals surface area contributed by atoms with E-state index in [4.69, 9.17) is 4.74 Å². The van der Waals surface area contributed by atoms with Gasteiger partial charge in [-0.25, -0.2) is 4.68 Å². The number of carbonyl (C=O) groups is 1. The van der Waals surface area contributed by atoms with Gasteiger partial charge in [0.05, 0.1) is 13.0 Å². The predicted octanol–water partition coefficient (Wildman–Crippen LogP) is 3.47. The Bertz CT molecular complexity index is 1160. The molecule has 0 aliphatic heterocycles. The molecule has 0 spiro atoms. The number of aromatic nitrogens is 3. The van der Waals surface area contributed by atoms with E-state index in [1.54, 1.807) is 14.0 Å². The zero-order chi connectivity index (χ0) is 22.3. The van der Waals surface area contributed by atoms with Crippen LogP contribution in [0.5, 0.6) is 5.75 Å². The molecular formula is C22H23F2N3O4. The monoisotopic (exact) mass is 431 g/mol. The number of aryl methyl sites for hydroxylation is 3. The number of nitrogens with zero attached hydrogens (tertiary/aromatic N) is 3. The lowest BCUT2D eigenvalue weighted by Gasteiger charge is -2.22. The van der Waals surface area contributed by atoms with Crippen LogP contribution in [0.4, 0.5) is 8.78 Å². The highest BCUT2D eigenvalue weighted by atomic mass is 19.3. The maximum absolute atomic E-state index is 13.1. The Hall–Kier alpha value is -3.07. The molecule has 3 aromatic rings. The molecule has 4 rings (SSSR count). The molecule has 7 nitrogen and oxygen atoms in total. The third kappa shape index (κ3) is 3.85. The first-order valence-corrected chi connectivity index (χ1v) is 10.0. The Morgan fingerprint density at radius 2 is 2.06 bits per heavy atom. The summed E-state index contributed by atoms with van der Waals surface area (Å²) in [5.74, 6) is -1.75. The van der Waals surface area contributed by atoms with Crippen molar-refractivity contribution in [1.29, 1.82) is 0 Å². The topological polar surface area (TPSA) is 97.5 Å². The molecule has 2 N–H and O–H groups in total. The minimum absolute atomic E-state index is 0.1000. The van der Waals surface area contributed by atoms with Crippen molar-refractivity contribution < 1.29 is 28.5 Å². The number of rotatable bonds is 7. The van der Waals surface area contributed by atoms with E-state index in [1.165, 1.54) is 10.7 Å². The largest absolute Gasteiger partial charge is 0.481 e. The molecule has 0 amide bonds. The van der Waals surface area contributed by atoms with Gasteiger partial charge in [0.25, 0.3) is 0 Å². The Labute approximate surface area is 177 Å². The van der Waals surface area contributed by atoms with Crippen LogP contribution >= 0.6 is 0 Å². The summed E-state index contributed by atoms with van der Waals surface area (Å²) in [4.78, 5) is 11.8. The van der Waals surface area contributed by atoms with Crippen LogP contribution in [0, 0.1) is 6.92 Å². The summed E-state index contributed by atoms with van der Waals surface area (Å²) in [5.41, 5.74) is 5.61. The van der Waals surface area contributed by atoms with Gasteiger partial charge in [0, 0.05) is 13.0 Å². The Balaban J connectivity index is 1.93. The standard InChI is InChI=1S/C22H23F2N3O4/c1-11-16(8-18(31-22(23)24)21-20(11)25-26-27(21)2)17(9-19(29)30)13-6-12-4-3-5-15(12)14(7-13)10-28/h6-8,17,22,28H,3-5,9-10H2,1-2H3,(H,29,30). The van der Waals surface area contributed by atoms with Crippen LogP contribution in [-0.2, 0) is 31.3 Å². The van der Waals surface area contributed by atoms with Gasteiger partial charge >= 0.3 is 12.6 Å². The number of aliphatic hydroxyl groups excluding tert-OH is 1. The molecule has 1 aliphatic rings. The van der Waals surface area contributed by atoms with E-state index in [0.717, 1.165) is 41.5 Å². The van der Waals surface area contributed by atoms with Crippen LogP contribution in [0.25, 0.3) is 11.0 Å². The van der Waals surface area contributed by atoms with Crippen LogP contribution < -0.4 is 4.74 Å². The first-order chi connectivity index (χ1) is 14.8. The quantitative estimate of drug-likeness (QED) is 0.595. The fraction of sp³-hybridized carbons (Fsp3) is 0.409. The molecule has 0 radical (unpaired) electrons. The molecule has 164 valence electrons. The number of hydrogen-bond acceptors (Lipinski definition) is 5. The number of alkyl halides is 2. The number of carboxylic acids is 1. The molecule has 9 heteroatoms. The molecule has 0 saturated carbocycles. The maximum Gasteiger partial charge on any atom is 0.387 e. The smallest absolute Gasteiger partial charge is 0.387 e. The number of carboxylic acid groups (broad SMARTS) is 1. The van der Waals surface area contributed by atoms with Crippen molar-refractivity contribution >= 4 is 17.0 Å². The minimum atomic E-state index is -3.05. The normalized spacial score (nSPS) is 14.3. The summed E-state index contributed by atoms with van der Waals surface area (Å²) in [6.07, 6.45) is 2.47.